The van der Waals surface area contributed by atoms with Crippen molar-refractivity contribution in [2.24, 2.45) is 0 Å². The predicted octanol–water partition coefficient (Wildman–Crippen LogP) is 2.73. The van der Waals surface area contributed by atoms with E-state index in [1.54, 1.807) is 18.2 Å². The van der Waals surface area contributed by atoms with Crippen LogP contribution in [0.3, 0.4) is 0 Å². The summed E-state index contributed by atoms with van der Waals surface area (Å²) < 4.78 is 5.29. The first-order valence-corrected chi connectivity index (χ1v) is 7.72. The summed E-state index contributed by atoms with van der Waals surface area (Å²) >= 11 is 0. The number of aromatic amines is 1. The van der Waals surface area contributed by atoms with Gasteiger partial charge in [-0.25, -0.2) is 9.97 Å². The van der Waals surface area contributed by atoms with Gasteiger partial charge in [0.05, 0.1) is 6.26 Å². The molecule has 0 aliphatic rings. The Labute approximate surface area is 142 Å². The van der Waals surface area contributed by atoms with E-state index in [0.29, 0.717) is 18.0 Å². The highest BCUT2D eigenvalue weighted by Crippen LogP contribution is 2.19. The summed E-state index contributed by atoms with van der Waals surface area (Å²) in [5, 5.41) is 3.97. The van der Waals surface area contributed by atoms with Crippen LogP contribution in [0, 0.1) is 0 Å². The van der Waals surface area contributed by atoms with Gasteiger partial charge >= 0.3 is 0 Å². The number of nitrogen functional groups attached to an aromatic ring is 1. The Balaban J connectivity index is 1.52. The summed E-state index contributed by atoms with van der Waals surface area (Å²) in [6, 6.07) is 13.0. The Morgan fingerprint density at radius 2 is 2.12 bits per heavy atom. The lowest BCUT2D eigenvalue weighted by Crippen LogP contribution is -2.24. The van der Waals surface area contributed by atoms with Crippen molar-refractivity contribution < 1.29 is 9.21 Å². The quantitative estimate of drug-likeness (QED) is 0.532. The second-order valence-electron chi connectivity index (χ2n) is 5.56. The molecule has 0 saturated carbocycles. The highest BCUT2D eigenvalue weighted by Gasteiger charge is 2.13. The van der Waals surface area contributed by atoms with Crippen molar-refractivity contribution in [3.8, 4) is 11.5 Å². The Morgan fingerprint density at radius 1 is 1.20 bits per heavy atom. The molecule has 4 N–H and O–H groups in total. The number of fused-ring (bicyclic) bond motifs is 1. The van der Waals surface area contributed by atoms with E-state index in [-0.39, 0.29) is 17.5 Å². The van der Waals surface area contributed by atoms with E-state index >= 15 is 0 Å². The van der Waals surface area contributed by atoms with Crippen molar-refractivity contribution in [1.82, 2.24) is 20.3 Å². The van der Waals surface area contributed by atoms with Crippen LogP contribution < -0.4 is 11.1 Å². The van der Waals surface area contributed by atoms with E-state index < -0.39 is 0 Å². The molecule has 1 aromatic carbocycles. The summed E-state index contributed by atoms with van der Waals surface area (Å²) in [4.78, 5) is 23.7. The molecule has 0 atom stereocenters. The number of carbonyl (C=O) groups is 1. The number of hydrogen-bond acceptors (Lipinski definition) is 5. The molecular formula is C18H15N5O2. The van der Waals surface area contributed by atoms with Crippen LogP contribution in [-0.2, 0) is 6.54 Å². The first-order valence-electron chi connectivity index (χ1n) is 7.72. The maximum Gasteiger partial charge on any atom is 0.270 e. The molecule has 0 spiro atoms. The molecule has 0 bridgehead atoms. The van der Waals surface area contributed by atoms with Crippen molar-refractivity contribution in [3.05, 3.63) is 66.2 Å². The maximum atomic E-state index is 12.4. The van der Waals surface area contributed by atoms with Gasteiger partial charge in [0, 0.05) is 18.3 Å². The number of H-pyrrole nitrogens is 1. The number of amides is 1. The van der Waals surface area contributed by atoms with Crippen LogP contribution in [0.1, 0.15) is 16.1 Å². The van der Waals surface area contributed by atoms with E-state index in [4.69, 9.17) is 10.2 Å². The van der Waals surface area contributed by atoms with Crippen molar-refractivity contribution in [2.45, 2.75) is 6.54 Å². The van der Waals surface area contributed by atoms with Crippen LogP contribution >= 0.6 is 0 Å². The molecule has 0 fully saturated rings. The second kappa shape index (κ2) is 6.12. The standard InChI is InChI=1S/C18H15N5O2/c19-18-22-14(16-2-1-7-25-16)9-15(23-18)17(24)21-10-11-3-4-12-5-6-20-13(12)8-11/h1-9,20H,10H2,(H,21,24)(H2,19,22,23). The average Bonchev–Trinajstić information content (AvgIpc) is 3.30. The first-order chi connectivity index (χ1) is 12.2. The topological polar surface area (TPSA) is 110 Å². The second-order valence-corrected chi connectivity index (χ2v) is 5.56. The molecule has 3 aromatic heterocycles. The van der Waals surface area contributed by atoms with Crippen LogP contribution in [0.2, 0.25) is 0 Å². The van der Waals surface area contributed by atoms with Gasteiger partial charge in [-0.15, -0.1) is 0 Å². The van der Waals surface area contributed by atoms with E-state index in [0.717, 1.165) is 16.5 Å². The monoisotopic (exact) mass is 333 g/mol. The minimum Gasteiger partial charge on any atom is -0.463 e. The fraction of sp³-hybridized carbons (Fsp3) is 0.0556. The van der Waals surface area contributed by atoms with Crippen LogP contribution in [0.4, 0.5) is 5.95 Å². The molecule has 0 aliphatic heterocycles. The lowest BCUT2D eigenvalue weighted by molar-refractivity contribution is 0.0946. The maximum absolute atomic E-state index is 12.4. The molecule has 0 radical (unpaired) electrons. The Morgan fingerprint density at radius 3 is 2.96 bits per heavy atom. The molecule has 0 unspecified atom stereocenters. The van der Waals surface area contributed by atoms with Crippen LogP contribution in [0.5, 0.6) is 0 Å². The zero-order valence-corrected chi connectivity index (χ0v) is 13.2. The minimum absolute atomic E-state index is 0.0202. The van der Waals surface area contributed by atoms with Crippen LogP contribution in [0.15, 0.2) is 59.3 Å². The van der Waals surface area contributed by atoms with Crippen LogP contribution in [0.25, 0.3) is 22.4 Å². The highest BCUT2D eigenvalue weighted by atomic mass is 16.3. The number of nitrogens with zero attached hydrogens (tertiary/aromatic N) is 2. The number of hydrogen-bond donors (Lipinski definition) is 3. The van der Waals surface area contributed by atoms with Gasteiger partial charge in [-0.3, -0.25) is 4.79 Å². The molecule has 1 amide bonds. The van der Waals surface area contributed by atoms with Gasteiger partial charge in [-0.05, 0) is 41.3 Å². The van der Waals surface area contributed by atoms with Gasteiger partial charge < -0.3 is 20.5 Å². The molecule has 0 aliphatic carbocycles. The number of nitrogens with one attached hydrogen (secondary N) is 2. The van der Waals surface area contributed by atoms with Crippen LogP contribution in [-0.4, -0.2) is 20.9 Å². The smallest absolute Gasteiger partial charge is 0.270 e. The number of benzene rings is 1. The minimum atomic E-state index is -0.325. The van der Waals surface area contributed by atoms with Crippen molar-refractivity contribution >= 4 is 22.8 Å². The number of carbonyl (C=O) groups excluding carboxylic acids is 1. The van der Waals surface area contributed by atoms with Crippen molar-refractivity contribution in [2.75, 3.05) is 5.73 Å². The summed E-state index contributed by atoms with van der Waals surface area (Å²) in [6.45, 7) is 0.383. The van der Waals surface area contributed by atoms with Crippen molar-refractivity contribution in [3.63, 3.8) is 0 Å². The summed E-state index contributed by atoms with van der Waals surface area (Å²) in [5.74, 6) is 0.223. The molecule has 7 nitrogen and oxygen atoms in total. The SMILES string of the molecule is Nc1nc(C(=O)NCc2ccc3cc[nH]c3c2)cc(-c2ccco2)n1. The first kappa shape index (κ1) is 14.9. The largest absolute Gasteiger partial charge is 0.463 e. The Hall–Kier alpha value is -3.61. The molecule has 4 aromatic rings. The summed E-state index contributed by atoms with van der Waals surface area (Å²) in [6.07, 6.45) is 3.41. The fourth-order valence-corrected chi connectivity index (χ4v) is 2.61. The predicted molar refractivity (Wildman–Crippen MR) is 93.6 cm³/mol. The van der Waals surface area contributed by atoms with E-state index in [1.165, 1.54) is 6.26 Å². The van der Waals surface area contributed by atoms with Gasteiger partial charge in [0.1, 0.15) is 11.4 Å². The third kappa shape index (κ3) is 3.07. The van der Waals surface area contributed by atoms with E-state index in [1.807, 2.05) is 30.5 Å². The number of aromatic nitrogens is 3. The number of nitrogens with two attached hydrogens (primary N) is 1. The Bertz CT molecular complexity index is 1040. The van der Waals surface area contributed by atoms with Gasteiger partial charge in [0.25, 0.3) is 5.91 Å². The fourth-order valence-electron chi connectivity index (χ4n) is 2.61. The van der Waals surface area contributed by atoms with Gasteiger partial charge in [0.2, 0.25) is 5.95 Å². The third-order valence-electron chi connectivity index (χ3n) is 3.82. The third-order valence-corrected chi connectivity index (χ3v) is 3.82. The summed E-state index contributed by atoms with van der Waals surface area (Å²) in [7, 11) is 0. The number of furan rings is 1. The van der Waals surface area contributed by atoms with Gasteiger partial charge in [-0.1, -0.05) is 12.1 Å². The Kier molecular flexibility index (Phi) is 3.66. The molecule has 25 heavy (non-hydrogen) atoms. The van der Waals surface area contributed by atoms with Gasteiger partial charge in [0.15, 0.2) is 5.76 Å². The molecule has 4 rings (SSSR count). The van der Waals surface area contributed by atoms with Gasteiger partial charge in [-0.2, -0.15) is 0 Å². The average molecular weight is 333 g/mol. The van der Waals surface area contributed by atoms with E-state index in [9.17, 15) is 4.79 Å². The summed E-state index contributed by atoms with van der Waals surface area (Å²) in [5.41, 5.74) is 8.38. The van der Waals surface area contributed by atoms with Crippen molar-refractivity contribution in [1.29, 1.82) is 0 Å². The highest BCUT2D eigenvalue weighted by molar-refractivity contribution is 5.93. The normalized spacial score (nSPS) is 10.9. The molecule has 7 heteroatoms. The molecular weight excluding hydrogens is 318 g/mol. The lowest BCUT2D eigenvalue weighted by Gasteiger charge is -2.07. The number of anilines is 1. The molecule has 0 saturated heterocycles. The zero-order chi connectivity index (χ0) is 17.2. The number of rotatable bonds is 4. The molecule has 124 valence electrons. The zero-order valence-electron chi connectivity index (χ0n) is 13.2. The van der Waals surface area contributed by atoms with E-state index in [2.05, 4.69) is 20.3 Å². The lowest BCUT2D eigenvalue weighted by atomic mass is 10.1. The molecule has 3 heterocycles.